The van der Waals surface area contributed by atoms with E-state index in [-0.39, 0.29) is 49.7 Å². The summed E-state index contributed by atoms with van der Waals surface area (Å²) in [6.07, 6.45) is 0.593. The number of anilines is 2. The van der Waals surface area contributed by atoms with Crippen LogP contribution in [0.5, 0.6) is 11.5 Å². The molecule has 4 aromatic carbocycles. The molecule has 0 aliphatic carbocycles. The summed E-state index contributed by atoms with van der Waals surface area (Å²) < 4.78 is 65.8. The second-order valence-electron chi connectivity index (χ2n) is 24.9. The number of allylic oxidation sites excluding steroid dienone is 2. The van der Waals surface area contributed by atoms with Gasteiger partial charge in [-0.25, -0.2) is 4.98 Å². The number of aliphatic hydroxyl groups excluding tert-OH is 2. The molecule has 0 spiro atoms. The van der Waals surface area contributed by atoms with Crippen LogP contribution in [-0.2, 0) is 69.8 Å². The minimum atomic E-state index is -5.51. The van der Waals surface area contributed by atoms with Gasteiger partial charge in [0.05, 0.1) is 41.9 Å². The van der Waals surface area contributed by atoms with Crippen molar-refractivity contribution in [1.29, 1.82) is 0 Å². The van der Waals surface area contributed by atoms with E-state index in [4.69, 9.17) is 37.8 Å². The van der Waals surface area contributed by atoms with Gasteiger partial charge >= 0.3 is 38.9 Å². The Labute approximate surface area is 545 Å². The van der Waals surface area contributed by atoms with Gasteiger partial charge in [-0.1, -0.05) is 84.0 Å². The number of aromatic hydroxyl groups is 1. The highest BCUT2D eigenvalue weighted by atomic mass is 31.2. The third-order valence-corrected chi connectivity index (χ3v) is 20.7. The summed E-state index contributed by atoms with van der Waals surface area (Å²) in [6.45, 7) is 19.5. The van der Waals surface area contributed by atoms with Gasteiger partial charge in [-0.05, 0) is 37.0 Å². The lowest BCUT2D eigenvalue weighted by Crippen LogP contribution is -2.47. The fourth-order valence-corrected chi connectivity index (χ4v) is 14.4. The van der Waals surface area contributed by atoms with Crippen molar-refractivity contribution < 1.29 is 101 Å². The lowest BCUT2D eigenvalue weighted by Gasteiger charge is -2.39. The predicted octanol–water partition coefficient (Wildman–Crippen LogP) is 5.71. The average molecular weight is 1360 g/mol. The Morgan fingerprint density at radius 3 is 2.14 bits per heavy atom. The third kappa shape index (κ3) is 16.3. The van der Waals surface area contributed by atoms with Crippen LogP contribution in [0.25, 0.3) is 38.7 Å². The van der Waals surface area contributed by atoms with E-state index in [2.05, 4.69) is 24.1 Å². The number of phenols is 1. The molecule has 4 aliphatic rings. The van der Waals surface area contributed by atoms with Gasteiger partial charge in [-0.2, -0.15) is 0 Å². The second-order valence-corrected chi connectivity index (χ2v) is 28.7. The van der Waals surface area contributed by atoms with E-state index in [1.807, 2.05) is 4.90 Å². The third-order valence-electron chi connectivity index (χ3n) is 17.3. The highest BCUT2D eigenvalue weighted by Gasteiger charge is 2.46. The largest absolute Gasteiger partial charge is 0.507 e. The first-order valence-corrected chi connectivity index (χ1v) is 34.2. The lowest BCUT2D eigenvalue weighted by atomic mass is 9.78. The molecule has 0 radical (unpaired) electrons. The second kappa shape index (κ2) is 29.5. The number of hydrogen-bond donors (Lipinski definition) is 9. The molecule has 5 bridgehead atoms. The van der Waals surface area contributed by atoms with Crippen LogP contribution in [0.3, 0.4) is 0 Å². The Bertz CT molecular complexity index is 4170. The zero-order chi connectivity index (χ0) is 69.9. The average Bonchev–Trinajstić information content (AvgIpc) is 1.66. The van der Waals surface area contributed by atoms with Crippen LogP contribution in [0.15, 0.2) is 86.5 Å². The molecule has 4 aliphatic heterocycles. The van der Waals surface area contributed by atoms with Crippen molar-refractivity contribution in [3.63, 3.8) is 0 Å². The van der Waals surface area contributed by atoms with Crippen LogP contribution in [0, 0.1) is 36.5 Å². The van der Waals surface area contributed by atoms with Gasteiger partial charge in [0.2, 0.25) is 22.3 Å². The number of nitrogens with one attached hydrogen (secondary N) is 2. The molecule has 9 N–H and O–H groups in total. The van der Waals surface area contributed by atoms with E-state index in [0.717, 1.165) is 19.6 Å². The number of aromatic nitrogens is 1. The maximum Gasteiger partial charge on any atom is 0.360 e. The topological polar surface area (TPSA) is 407 Å². The Hall–Kier alpha value is -8.04. The summed E-state index contributed by atoms with van der Waals surface area (Å²) in [5.41, 5.74) is -4.37. The van der Waals surface area contributed by atoms with Crippen LogP contribution >= 0.6 is 15.2 Å². The van der Waals surface area contributed by atoms with Gasteiger partial charge < -0.3 is 83.3 Å². The highest BCUT2D eigenvalue weighted by Crippen LogP contribution is 2.58. The SMILES string of the molecule is CO[C@H]1/C=C/O[C@@]2(C)Oc3c(C)c(O)c4c(=O)c(c5oc6cc(N7CCN(CC(C)C)CC7)cc(=O)c6nc5c4c3=C2O)NC(=O)/C(C)=C\C=C\[C@H](C)[C@H](OC(=O)Cc2ccccc2COC(=O)CCC(=O)NC(P(=O)(O)O)P(=O)(O)O)[C@@H](C)[C@@H](O)[C@@H](C)[C@H](OC(C)=O)[C@@H]1C. The number of nitrogens with zero attached hydrogens (tertiary/aromatic N) is 3. The molecule has 1 saturated heterocycles. The van der Waals surface area contributed by atoms with E-state index >= 15 is 4.79 Å². The molecule has 2 amide bonds. The molecule has 5 aromatic rings. The fraction of sp³-hybridized carbons (Fsp3) is 0.477. The first kappa shape index (κ1) is 72.8. The van der Waals surface area contributed by atoms with E-state index in [1.54, 1.807) is 69.4 Å². The Balaban J connectivity index is 1.17. The molecule has 95 heavy (non-hydrogen) atoms. The minimum absolute atomic E-state index is 0.00918. The molecule has 9 rings (SSSR count). The molecule has 1 aromatic heterocycles. The van der Waals surface area contributed by atoms with Crippen LogP contribution < -0.4 is 36.3 Å². The number of benzene rings is 4. The first-order chi connectivity index (χ1) is 44.5. The summed E-state index contributed by atoms with van der Waals surface area (Å²) in [6, 6.07) is 9.35. The summed E-state index contributed by atoms with van der Waals surface area (Å²) in [5, 5.41) is 40.4. The summed E-state index contributed by atoms with van der Waals surface area (Å²) >= 11 is 0. The number of aliphatic hydroxyl groups is 2. The van der Waals surface area contributed by atoms with E-state index in [0.29, 0.717) is 35.8 Å². The summed E-state index contributed by atoms with van der Waals surface area (Å²) in [4.78, 5) is 143. The van der Waals surface area contributed by atoms with Crippen LogP contribution in [0.4, 0.5) is 11.4 Å². The molecule has 1 fully saturated rings. The van der Waals surface area contributed by atoms with E-state index < -0.39 is 164 Å². The smallest absolute Gasteiger partial charge is 0.360 e. The van der Waals surface area contributed by atoms with Crippen LogP contribution in [0.2, 0.25) is 0 Å². The van der Waals surface area contributed by atoms with Crippen molar-refractivity contribution in [3.05, 3.63) is 115 Å². The predicted molar refractivity (Wildman–Crippen MR) is 348 cm³/mol. The Kier molecular flexibility index (Phi) is 22.6. The van der Waals surface area contributed by atoms with Gasteiger partial charge in [-0.15, -0.1) is 0 Å². The number of amides is 2. The zero-order valence-electron chi connectivity index (χ0n) is 54.4. The lowest BCUT2D eigenvalue weighted by molar-refractivity contribution is -0.165. The summed E-state index contributed by atoms with van der Waals surface area (Å²) in [5.74, 6) is -11.0. The standard InChI is InChI=1S/C65H81N5O23P2/c1-32(2)30-69-22-24-70(25-23-69)42-28-43(72)52-45(29-42)91-61-53(67-52)49-50-56(77)38(8)60-51(49)62(79)65(10,93-60)89-26-21-44(87-11)35(5)59(90-39(9)71)37(7)55(76)36(6)58(33(3)15-14-16-34(4)63(80)68-54(61)57(50)78)92-48(75)27-40-17-12-13-18-41(40)31-88-47(74)20-19-46(73)66-64(94(81,82)83)95(84,85)86/h12-18,21,26,28-29,32-33,35-37,44,55,58-59,64,76-77,79H,19-20,22-25,27,30-31H2,1-11H3,(H,66,73)(H,68,80)(H2,81,82,83)(H2,84,85,86)/b15-14+,26-21+,34-16-/t33-,35+,36-,37+,44-,55+,58-,59+,65-/m0/s1. The number of phenolic OH excluding ortho intramolecular Hbond substituents is 1. The van der Waals surface area contributed by atoms with Gasteiger partial charge in [-0.3, -0.25) is 47.6 Å². The number of piperazine rings is 1. The summed E-state index contributed by atoms with van der Waals surface area (Å²) in [7, 11) is -9.65. The molecular formula is C65H81N5O23P2. The molecule has 0 unspecified atom stereocenters. The first-order valence-electron chi connectivity index (χ1n) is 30.8. The number of carbonyl (C=O) groups excluding carboxylic acids is 5. The van der Waals surface area contributed by atoms with Crippen molar-refractivity contribution >= 4 is 95.0 Å². The minimum Gasteiger partial charge on any atom is -0.507 e. The van der Waals surface area contributed by atoms with Crippen molar-refractivity contribution in [1.82, 2.24) is 15.2 Å². The van der Waals surface area contributed by atoms with Gasteiger partial charge in [0.25, 0.3) is 5.91 Å². The molecule has 0 saturated carbocycles. The van der Waals surface area contributed by atoms with Crippen molar-refractivity contribution in [2.75, 3.05) is 50.1 Å². The monoisotopic (exact) mass is 1360 g/mol. The van der Waals surface area contributed by atoms with E-state index in [1.165, 1.54) is 65.4 Å². The van der Waals surface area contributed by atoms with Gasteiger partial charge in [0.1, 0.15) is 41.5 Å². The number of methoxy groups -OCH3 is 1. The van der Waals surface area contributed by atoms with Gasteiger partial charge in [0.15, 0.2) is 22.4 Å². The zero-order valence-corrected chi connectivity index (χ0v) is 56.2. The van der Waals surface area contributed by atoms with Crippen LogP contribution in [-0.4, -0.2) is 150 Å². The number of hydrogen-bond acceptors (Lipinski definition) is 22. The molecule has 28 nitrogen and oxygen atoms in total. The fourth-order valence-electron chi connectivity index (χ4n) is 12.2. The molecule has 30 heteroatoms. The number of rotatable bonds is 16. The van der Waals surface area contributed by atoms with Gasteiger partial charge in [0, 0.05) is 118 Å². The van der Waals surface area contributed by atoms with Crippen molar-refractivity contribution in [2.45, 2.75) is 131 Å². The van der Waals surface area contributed by atoms with E-state index in [9.17, 15) is 72.8 Å². The Morgan fingerprint density at radius 2 is 1.51 bits per heavy atom. The van der Waals surface area contributed by atoms with Crippen LogP contribution in [0.1, 0.15) is 91.8 Å². The highest BCUT2D eigenvalue weighted by molar-refractivity contribution is 7.70. The number of fused-ring (bicyclic) bond motifs is 14. The molecule has 9 atom stereocenters. The quantitative estimate of drug-likeness (QED) is 0.0188. The molecule has 5 heterocycles. The Morgan fingerprint density at radius 1 is 0.853 bits per heavy atom. The normalized spacial score (nSPS) is 24.7. The number of esters is 3. The van der Waals surface area contributed by atoms with Crippen molar-refractivity contribution in [2.24, 2.45) is 29.6 Å². The molecule has 514 valence electrons. The maximum absolute atomic E-state index is 15.2. The maximum atomic E-state index is 15.2. The number of carbonyl (C=O) groups is 5. The molecular weight excluding hydrogens is 1280 g/mol. The number of ether oxygens (including phenoxy) is 6. The van der Waals surface area contributed by atoms with Crippen molar-refractivity contribution in [3.8, 4) is 11.5 Å².